The number of hydrogen-bond acceptors (Lipinski definition) is 2. The summed E-state index contributed by atoms with van der Waals surface area (Å²) in [4.78, 5) is 0. The van der Waals surface area contributed by atoms with Crippen LogP contribution in [0.15, 0.2) is 0 Å². The summed E-state index contributed by atoms with van der Waals surface area (Å²) in [5.74, 6) is 0.577. The molecule has 0 saturated carbocycles. The first-order chi connectivity index (χ1) is 5.74. The summed E-state index contributed by atoms with van der Waals surface area (Å²) < 4.78 is 10.6. The van der Waals surface area contributed by atoms with Gasteiger partial charge < -0.3 is 9.47 Å². The number of hydrogen-bond donors (Lipinski definition) is 0. The predicted octanol–water partition coefficient (Wildman–Crippen LogP) is 2.82. The van der Waals surface area contributed by atoms with Gasteiger partial charge in [-0.2, -0.15) is 0 Å². The summed E-state index contributed by atoms with van der Waals surface area (Å²) in [6, 6.07) is 0. The number of rotatable bonds is 1. The molecule has 12 heavy (non-hydrogen) atoms. The first-order valence-electron chi connectivity index (χ1n) is 4.97. The molecule has 0 bridgehead atoms. The minimum atomic E-state index is 0.0706. The standard InChI is InChI=1S/C7H14O2.C3H8/c1-3-7-8-4-6(2)5-9-7;1-3-2/h6-7H,3-5H2,1-2H3;3H2,1-2H3. The van der Waals surface area contributed by atoms with Gasteiger partial charge in [0.25, 0.3) is 0 Å². The fraction of sp³-hybridized carbons (Fsp3) is 1.00. The van der Waals surface area contributed by atoms with E-state index in [4.69, 9.17) is 9.47 Å². The minimum Gasteiger partial charge on any atom is -0.352 e. The van der Waals surface area contributed by atoms with Crippen LogP contribution >= 0.6 is 0 Å². The molecule has 1 fully saturated rings. The number of ether oxygens (including phenoxy) is 2. The van der Waals surface area contributed by atoms with E-state index in [9.17, 15) is 0 Å². The Morgan fingerprint density at radius 2 is 1.50 bits per heavy atom. The summed E-state index contributed by atoms with van der Waals surface area (Å²) in [6.07, 6.45) is 2.29. The highest BCUT2D eigenvalue weighted by Crippen LogP contribution is 2.11. The molecule has 1 rings (SSSR count). The van der Waals surface area contributed by atoms with Crippen LogP contribution in [0.25, 0.3) is 0 Å². The normalized spacial score (nSPS) is 29.0. The zero-order valence-electron chi connectivity index (χ0n) is 8.80. The first kappa shape index (κ1) is 11.9. The fourth-order valence-corrected chi connectivity index (χ4v) is 0.875. The van der Waals surface area contributed by atoms with Gasteiger partial charge >= 0.3 is 0 Å². The van der Waals surface area contributed by atoms with Gasteiger partial charge in [0.05, 0.1) is 13.2 Å². The van der Waals surface area contributed by atoms with Crippen molar-refractivity contribution in [2.45, 2.75) is 46.8 Å². The smallest absolute Gasteiger partial charge is 0.157 e. The zero-order valence-corrected chi connectivity index (χ0v) is 8.80. The average molecular weight is 174 g/mol. The minimum absolute atomic E-state index is 0.0706. The predicted molar refractivity (Wildman–Crippen MR) is 51.1 cm³/mol. The second kappa shape index (κ2) is 7.56. The molecule has 0 aromatic carbocycles. The first-order valence-corrected chi connectivity index (χ1v) is 4.97. The van der Waals surface area contributed by atoms with E-state index >= 15 is 0 Å². The van der Waals surface area contributed by atoms with E-state index < -0.39 is 0 Å². The van der Waals surface area contributed by atoms with Crippen molar-refractivity contribution in [1.29, 1.82) is 0 Å². The van der Waals surface area contributed by atoms with Crippen molar-refractivity contribution >= 4 is 0 Å². The highest BCUT2D eigenvalue weighted by molar-refractivity contribution is 4.55. The van der Waals surface area contributed by atoms with Crippen molar-refractivity contribution in [3.63, 3.8) is 0 Å². The molecule has 1 aliphatic rings. The monoisotopic (exact) mass is 174 g/mol. The average Bonchev–Trinajstić information content (AvgIpc) is 2.07. The Morgan fingerprint density at radius 3 is 1.83 bits per heavy atom. The molecule has 0 aliphatic carbocycles. The topological polar surface area (TPSA) is 18.5 Å². The third-order valence-corrected chi connectivity index (χ3v) is 1.47. The van der Waals surface area contributed by atoms with Crippen LogP contribution in [0, 0.1) is 5.92 Å². The Hall–Kier alpha value is -0.0800. The van der Waals surface area contributed by atoms with Gasteiger partial charge in [-0.25, -0.2) is 0 Å². The quantitative estimate of drug-likeness (QED) is 0.608. The molecule has 0 aromatic heterocycles. The Bertz CT molecular complexity index is 85.8. The Morgan fingerprint density at radius 1 is 1.08 bits per heavy atom. The maximum absolute atomic E-state index is 5.32. The molecule has 2 heteroatoms. The molecule has 1 saturated heterocycles. The lowest BCUT2D eigenvalue weighted by Crippen LogP contribution is -2.29. The second-order valence-corrected chi connectivity index (χ2v) is 3.32. The SMILES string of the molecule is CCC.CCC1OCC(C)CO1. The van der Waals surface area contributed by atoms with Crippen molar-refractivity contribution in [1.82, 2.24) is 0 Å². The highest BCUT2D eigenvalue weighted by Gasteiger charge is 2.16. The van der Waals surface area contributed by atoms with Crippen molar-refractivity contribution in [3.8, 4) is 0 Å². The summed E-state index contributed by atoms with van der Waals surface area (Å²) >= 11 is 0. The van der Waals surface area contributed by atoms with Gasteiger partial charge in [0.15, 0.2) is 6.29 Å². The van der Waals surface area contributed by atoms with Gasteiger partial charge in [-0.3, -0.25) is 0 Å². The van der Waals surface area contributed by atoms with Gasteiger partial charge in [-0.15, -0.1) is 0 Å². The molecule has 0 amide bonds. The van der Waals surface area contributed by atoms with Gasteiger partial charge in [0, 0.05) is 5.92 Å². The van der Waals surface area contributed by atoms with E-state index in [1.807, 2.05) is 0 Å². The third-order valence-electron chi connectivity index (χ3n) is 1.47. The van der Waals surface area contributed by atoms with Crippen molar-refractivity contribution in [2.24, 2.45) is 5.92 Å². The summed E-state index contributed by atoms with van der Waals surface area (Å²) in [5, 5.41) is 0. The second-order valence-electron chi connectivity index (χ2n) is 3.32. The third kappa shape index (κ3) is 5.56. The summed E-state index contributed by atoms with van der Waals surface area (Å²) in [7, 11) is 0. The molecule has 0 radical (unpaired) electrons. The van der Waals surface area contributed by atoms with E-state index in [2.05, 4.69) is 27.7 Å². The van der Waals surface area contributed by atoms with Crippen molar-refractivity contribution in [2.75, 3.05) is 13.2 Å². The Kier molecular flexibility index (Phi) is 7.51. The Balaban J connectivity index is 0.000000354. The van der Waals surface area contributed by atoms with Crippen LogP contribution in [0.2, 0.25) is 0 Å². The molecular weight excluding hydrogens is 152 g/mol. The lowest BCUT2D eigenvalue weighted by molar-refractivity contribution is -0.197. The van der Waals surface area contributed by atoms with Gasteiger partial charge in [-0.1, -0.05) is 34.1 Å². The summed E-state index contributed by atoms with van der Waals surface area (Å²) in [5.41, 5.74) is 0. The molecule has 0 unspecified atom stereocenters. The lowest BCUT2D eigenvalue weighted by atomic mass is 10.2. The van der Waals surface area contributed by atoms with Gasteiger partial charge in [0.1, 0.15) is 0 Å². The molecule has 0 N–H and O–H groups in total. The Labute approximate surface area is 76.3 Å². The van der Waals surface area contributed by atoms with Crippen LogP contribution in [0.1, 0.15) is 40.5 Å². The zero-order chi connectivity index (χ0) is 9.40. The van der Waals surface area contributed by atoms with Crippen LogP contribution in [-0.4, -0.2) is 19.5 Å². The molecular formula is C10H22O2. The molecule has 1 heterocycles. The van der Waals surface area contributed by atoms with Crippen molar-refractivity contribution in [3.05, 3.63) is 0 Å². The maximum atomic E-state index is 5.32. The lowest BCUT2D eigenvalue weighted by Gasteiger charge is -2.26. The largest absolute Gasteiger partial charge is 0.352 e. The van der Waals surface area contributed by atoms with E-state index in [0.717, 1.165) is 19.6 Å². The van der Waals surface area contributed by atoms with E-state index in [1.165, 1.54) is 6.42 Å². The van der Waals surface area contributed by atoms with E-state index in [0.29, 0.717) is 5.92 Å². The molecule has 74 valence electrons. The molecule has 1 aliphatic heterocycles. The maximum Gasteiger partial charge on any atom is 0.157 e. The van der Waals surface area contributed by atoms with Crippen LogP contribution in [0.5, 0.6) is 0 Å². The summed E-state index contributed by atoms with van der Waals surface area (Å²) in [6.45, 7) is 10.2. The molecule has 0 aromatic rings. The van der Waals surface area contributed by atoms with Gasteiger partial charge in [0.2, 0.25) is 0 Å². The van der Waals surface area contributed by atoms with E-state index in [1.54, 1.807) is 0 Å². The highest BCUT2D eigenvalue weighted by atomic mass is 16.7. The van der Waals surface area contributed by atoms with Crippen LogP contribution in [0.3, 0.4) is 0 Å². The van der Waals surface area contributed by atoms with E-state index in [-0.39, 0.29) is 6.29 Å². The molecule has 0 spiro atoms. The molecule has 2 nitrogen and oxygen atoms in total. The van der Waals surface area contributed by atoms with Crippen molar-refractivity contribution < 1.29 is 9.47 Å². The van der Waals surface area contributed by atoms with Gasteiger partial charge in [-0.05, 0) is 6.42 Å². The van der Waals surface area contributed by atoms with Crippen LogP contribution in [0.4, 0.5) is 0 Å². The fourth-order valence-electron chi connectivity index (χ4n) is 0.875. The molecule has 0 atom stereocenters. The van der Waals surface area contributed by atoms with Crippen LogP contribution < -0.4 is 0 Å². The van der Waals surface area contributed by atoms with Crippen LogP contribution in [-0.2, 0) is 9.47 Å².